The zero-order valence-corrected chi connectivity index (χ0v) is 15.3. The lowest BCUT2D eigenvalue weighted by Gasteiger charge is -2.08. The molecule has 0 bridgehead atoms. The van der Waals surface area contributed by atoms with E-state index < -0.39 is 0 Å². The van der Waals surface area contributed by atoms with Gasteiger partial charge in [-0.1, -0.05) is 30.3 Å². The Labute approximate surface area is 160 Å². The van der Waals surface area contributed by atoms with Crippen molar-refractivity contribution in [2.24, 2.45) is 0 Å². The molecule has 2 heterocycles. The Hall–Kier alpha value is -3.19. The van der Waals surface area contributed by atoms with Crippen molar-refractivity contribution in [3.8, 4) is 11.3 Å². The molecule has 6 nitrogen and oxygen atoms in total. The molecule has 0 unspecified atom stereocenters. The monoisotopic (exact) mass is 375 g/mol. The molecule has 4 rings (SSSR count). The SMILES string of the molecule is O=C(CCSc1ccccc1)Nc1cccc(-c2ccc3nncn3n2)c1. The number of aromatic nitrogens is 4. The second-order valence-electron chi connectivity index (χ2n) is 5.89. The summed E-state index contributed by atoms with van der Waals surface area (Å²) in [5.41, 5.74) is 3.16. The minimum atomic E-state index is -0.00204. The third kappa shape index (κ3) is 4.32. The highest BCUT2D eigenvalue weighted by atomic mass is 32.2. The quantitative estimate of drug-likeness (QED) is 0.517. The first-order chi connectivity index (χ1) is 13.3. The highest BCUT2D eigenvalue weighted by Gasteiger charge is 2.06. The number of carbonyl (C=O) groups excluding carboxylic acids is 1. The van der Waals surface area contributed by atoms with E-state index in [4.69, 9.17) is 0 Å². The molecule has 0 radical (unpaired) electrons. The molecule has 2 aromatic heterocycles. The van der Waals surface area contributed by atoms with E-state index in [-0.39, 0.29) is 5.91 Å². The lowest BCUT2D eigenvalue weighted by Crippen LogP contribution is -2.12. The van der Waals surface area contributed by atoms with Crippen molar-refractivity contribution >= 4 is 29.0 Å². The van der Waals surface area contributed by atoms with Crippen LogP contribution in [-0.4, -0.2) is 31.5 Å². The number of hydrogen-bond donors (Lipinski definition) is 1. The van der Waals surface area contributed by atoms with Crippen LogP contribution < -0.4 is 5.32 Å². The minimum Gasteiger partial charge on any atom is -0.326 e. The number of hydrogen-bond acceptors (Lipinski definition) is 5. The molecule has 27 heavy (non-hydrogen) atoms. The number of amides is 1. The van der Waals surface area contributed by atoms with Gasteiger partial charge in [-0.2, -0.15) is 9.61 Å². The van der Waals surface area contributed by atoms with Crippen LogP contribution in [0.1, 0.15) is 6.42 Å². The average Bonchev–Trinajstić information content (AvgIpc) is 3.17. The average molecular weight is 375 g/mol. The molecule has 0 spiro atoms. The van der Waals surface area contributed by atoms with Crippen molar-refractivity contribution < 1.29 is 4.79 Å². The third-order valence-electron chi connectivity index (χ3n) is 3.94. The molecular formula is C20H17N5OS. The number of anilines is 1. The van der Waals surface area contributed by atoms with Crippen molar-refractivity contribution in [3.05, 3.63) is 73.1 Å². The maximum absolute atomic E-state index is 12.2. The van der Waals surface area contributed by atoms with Gasteiger partial charge in [0.1, 0.15) is 6.33 Å². The van der Waals surface area contributed by atoms with Crippen molar-refractivity contribution in [1.82, 2.24) is 19.8 Å². The fraction of sp³-hybridized carbons (Fsp3) is 0.100. The largest absolute Gasteiger partial charge is 0.326 e. The molecule has 0 aliphatic heterocycles. The molecule has 0 saturated heterocycles. The second-order valence-corrected chi connectivity index (χ2v) is 7.06. The number of rotatable bonds is 6. The fourth-order valence-electron chi connectivity index (χ4n) is 2.64. The number of nitrogens with zero attached hydrogens (tertiary/aromatic N) is 4. The molecule has 0 saturated carbocycles. The number of benzene rings is 2. The Kier molecular flexibility index (Phi) is 5.11. The summed E-state index contributed by atoms with van der Waals surface area (Å²) in [6.07, 6.45) is 2.02. The summed E-state index contributed by atoms with van der Waals surface area (Å²) in [5.74, 6) is 0.735. The summed E-state index contributed by atoms with van der Waals surface area (Å²) in [6, 6.07) is 21.5. The molecule has 1 N–H and O–H groups in total. The maximum atomic E-state index is 12.2. The van der Waals surface area contributed by atoms with E-state index in [0.29, 0.717) is 12.1 Å². The number of thioether (sulfide) groups is 1. The first-order valence-electron chi connectivity index (χ1n) is 8.53. The van der Waals surface area contributed by atoms with Gasteiger partial charge >= 0.3 is 0 Å². The van der Waals surface area contributed by atoms with Crippen LogP contribution in [0.15, 0.2) is 78.0 Å². The van der Waals surface area contributed by atoms with Crippen LogP contribution in [-0.2, 0) is 4.79 Å². The Morgan fingerprint density at radius 2 is 1.93 bits per heavy atom. The molecule has 0 atom stereocenters. The van der Waals surface area contributed by atoms with Gasteiger partial charge in [-0.15, -0.1) is 22.0 Å². The summed E-state index contributed by atoms with van der Waals surface area (Å²) in [6.45, 7) is 0. The van der Waals surface area contributed by atoms with Crippen LogP contribution in [0.2, 0.25) is 0 Å². The molecule has 134 valence electrons. The summed E-state index contributed by atoms with van der Waals surface area (Å²) in [7, 11) is 0. The van der Waals surface area contributed by atoms with Crippen molar-refractivity contribution in [1.29, 1.82) is 0 Å². The molecule has 0 aliphatic carbocycles. The van der Waals surface area contributed by atoms with Crippen LogP contribution in [0.4, 0.5) is 5.69 Å². The summed E-state index contributed by atoms with van der Waals surface area (Å²) >= 11 is 1.68. The fourth-order valence-corrected chi connectivity index (χ4v) is 3.51. The van der Waals surface area contributed by atoms with Crippen molar-refractivity contribution in [3.63, 3.8) is 0 Å². The van der Waals surface area contributed by atoms with Crippen LogP contribution in [0.5, 0.6) is 0 Å². The number of nitrogens with one attached hydrogen (secondary N) is 1. The highest BCUT2D eigenvalue weighted by molar-refractivity contribution is 7.99. The lowest BCUT2D eigenvalue weighted by molar-refractivity contribution is -0.115. The lowest BCUT2D eigenvalue weighted by atomic mass is 10.1. The van der Waals surface area contributed by atoms with Crippen molar-refractivity contribution in [2.75, 3.05) is 11.1 Å². The molecule has 0 fully saturated rings. The third-order valence-corrected chi connectivity index (χ3v) is 4.96. The molecule has 4 aromatic rings. The van der Waals surface area contributed by atoms with E-state index in [1.54, 1.807) is 22.6 Å². The number of carbonyl (C=O) groups is 1. The van der Waals surface area contributed by atoms with Crippen LogP contribution in [0, 0.1) is 0 Å². The summed E-state index contributed by atoms with van der Waals surface area (Å²) in [5, 5.41) is 15.2. The van der Waals surface area contributed by atoms with Gasteiger partial charge in [-0.25, -0.2) is 0 Å². The Balaban J connectivity index is 1.39. The first-order valence-corrected chi connectivity index (χ1v) is 9.52. The van der Waals surface area contributed by atoms with E-state index in [1.807, 2.05) is 66.7 Å². The first kappa shape index (κ1) is 17.2. The van der Waals surface area contributed by atoms with Gasteiger partial charge in [0.25, 0.3) is 0 Å². The Morgan fingerprint density at radius 3 is 2.81 bits per heavy atom. The predicted octanol–water partition coefficient (Wildman–Crippen LogP) is 3.91. The van der Waals surface area contributed by atoms with Gasteiger partial charge in [-0.05, 0) is 36.4 Å². The van der Waals surface area contributed by atoms with Crippen LogP contribution >= 0.6 is 11.8 Å². The second kappa shape index (κ2) is 8.01. The van der Waals surface area contributed by atoms with Gasteiger partial charge in [0.15, 0.2) is 5.65 Å². The topological polar surface area (TPSA) is 72.2 Å². The van der Waals surface area contributed by atoms with Gasteiger partial charge in [0.2, 0.25) is 5.91 Å². The summed E-state index contributed by atoms with van der Waals surface area (Å²) < 4.78 is 1.63. The summed E-state index contributed by atoms with van der Waals surface area (Å²) in [4.78, 5) is 13.4. The normalized spacial score (nSPS) is 10.8. The number of fused-ring (bicyclic) bond motifs is 1. The smallest absolute Gasteiger partial charge is 0.225 e. The van der Waals surface area contributed by atoms with E-state index in [1.165, 1.54) is 4.90 Å². The van der Waals surface area contributed by atoms with Gasteiger partial charge in [0, 0.05) is 28.3 Å². The van der Waals surface area contributed by atoms with E-state index in [9.17, 15) is 4.79 Å². The molecular weight excluding hydrogens is 358 g/mol. The van der Waals surface area contributed by atoms with Gasteiger partial charge < -0.3 is 5.32 Å². The van der Waals surface area contributed by atoms with E-state index in [2.05, 4.69) is 20.6 Å². The van der Waals surface area contributed by atoms with Crippen LogP contribution in [0.25, 0.3) is 16.9 Å². The maximum Gasteiger partial charge on any atom is 0.225 e. The standard InChI is InChI=1S/C20H17N5OS/c26-20(11-12-27-17-7-2-1-3-8-17)22-16-6-4-5-15(13-16)18-9-10-19-23-21-14-25(19)24-18/h1-10,13-14H,11-12H2,(H,22,26). The van der Waals surface area contributed by atoms with Gasteiger partial charge in [0.05, 0.1) is 5.69 Å². The Morgan fingerprint density at radius 1 is 1.04 bits per heavy atom. The molecule has 0 aliphatic rings. The molecule has 7 heteroatoms. The van der Waals surface area contributed by atoms with E-state index in [0.717, 1.165) is 22.7 Å². The minimum absolute atomic E-state index is 0.00204. The highest BCUT2D eigenvalue weighted by Crippen LogP contribution is 2.22. The molecule has 1 amide bonds. The zero-order chi connectivity index (χ0) is 18.5. The molecule has 2 aromatic carbocycles. The Bertz CT molecular complexity index is 1060. The van der Waals surface area contributed by atoms with Crippen LogP contribution in [0.3, 0.4) is 0 Å². The zero-order valence-electron chi connectivity index (χ0n) is 14.4. The van der Waals surface area contributed by atoms with Crippen molar-refractivity contribution in [2.45, 2.75) is 11.3 Å². The van der Waals surface area contributed by atoms with E-state index >= 15 is 0 Å². The predicted molar refractivity (Wildman–Crippen MR) is 107 cm³/mol. The van der Waals surface area contributed by atoms with Gasteiger partial charge in [-0.3, -0.25) is 4.79 Å².